The Kier molecular flexibility index (Phi) is 4.30. The molecule has 0 radical (unpaired) electrons. The summed E-state index contributed by atoms with van der Waals surface area (Å²) in [4.78, 5) is 12.2. The van der Waals surface area contributed by atoms with Crippen molar-refractivity contribution in [1.29, 1.82) is 0 Å². The van der Waals surface area contributed by atoms with Gasteiger partial charge in [0.1, 0.15) is 0 Å². The average Bonchev–Trinajstić information content (AvgIpc) is 2.42. The van der Waals surface area contributed by atoms with E-state index in [2.05, 4.69) is 19.2 Å². The van der Waals surface area contributed by atoms with E-state index in [1.54, 1.807) is 18.2 Å². The Balaban J connectivity index is 2.17. The molecule has 0 spiro atoms. The zero-order valence-electron chi connectivity index (χ0n) is 11.5. The van der Waals surface area contributed by atoms with Crippen LogP contribution in [-0.2, 0) is 0 Å². The van der Waals surface area contributed by atoms with Gasteiger partial charge < -0.3 is 11.1 Å². The van der Waals surface area contributed by atoms with Crippen LogP contribution in [-0.4, -0.2) is 5.91 Å². The maximum Gasteiger partial charge on any atom is 0.257 e. The SMILES string of the molecule is CC(C)c1ccc(NC(=O)c2cc(N)ccc2Cl)cc1. The predicted molar refractivity (Wildman–Crippen MR) is 84.3 cm³/mol. The third kappa shape index (κ3) is 3.31. The van der Waals surface area contributed by atoms with Crippen molar-refractivity contribution in [2.45, 2.75) is 19.8 Å². The summed E-state index contributed by atoms with van der Waals surface area (Å²) in [5, 5.41) is 3.20. The molecule has 0 atom stereocenters. The smallest absolute Gasteiger partial charge is 0.257 e. The van der Waals surface area contributed by atoms with Gasteiger partial charge in [0.25, 0.3) is 5.91 Å². The van der Waals surface area contributed by atoms with Crippen LogP contribution in [0.2, 0.25) is 5.02 Å². The number of rotatable bonds is 3. The van der Waals surface area contributed by atoms with Crippen LogP contribution in [0.3, 0.4) is 0 Å². The Bertz CT molecular complexity index is 621. The quantitative estimate of drug-likeness (QED) is 0.828. The van der Waals surface area contributed by atoms with E-state index in [9.17, 15) is 4.79 Å². The molecule has 20 heavy (non-hydrogen) atoms. The summed E-state index contributed by atoms with van der Waals surface area (Å²) in [6.07, 6.45) is 0. The minimum atomic E-state index is -0.264. The summed E-state index contributed by atoms with van der Waals surface area (Å²) >= 11 is 6.01. The molecule has 0 aromatic heterocycles. The van der Waals surface area contributed by atoms with Crippen LogP contribution >= 0.6 is 11.6 Å². The molecule has 0 fully saturated rings. The first-order chi connectivity index (χ1) is 9.47. The standard InChI is InChI=1S/C16H17ClN2O/c1-10(2)11-3-6-13(7-4-11)19-16(20)14-9-12(18)5-8-15(14)17/h3-10H,18H2,1-2H3,(H,19,20). The molecular weight excluding hydrogens is 272 g/mol. The van der Waals surface area contributed by atoms with Crippen LogP contribution in [0.5, 0.6) is 0 Å². The summed E-state index contributed by atoms with van der Waals surface area (Å²) in [7, 11) is 0. The summed E-state index contributed by atoms with van der Waals surface area (Å²) in [5.41, 5.74) is 8.52. The van der Waals surface area contributed by atoms with Crippen LogP contribution in [0.1, 0.15) is 35.7 Å². The number of nitrogen functional groups attached to an aromatic ring is 1. The fourth-order valence-corrected chi connectivity index (χ4v) is 2.07. The Morgan fingerprint density at radius 3 is 2.40 bits per heavy atom. The summed E-state index contributed by atoms with van der Waals surface area (Å²) in [6, 6.07) is 12.6. The lowest BCUT2D eigenvalue weighted by Gasteiger charge is -2.09. The molecule has 104 valence electrons. The summed E-state index contributed by atoms with van der Waals surface area (Å²) in [5.74, 6) is 0.197. The van der Waals surface area contributed by atoms with Gasteiger partial charge in [-0.1, -0.05) is 37.6 Å². The highest BCUT2D eigenvalue weighted by molar-refractivity contribution is 6.34. The Labute approximate surface area is 123 Å². The molecule has 0 bridgehead atoms. The molecule has 0 unspecified atom stereocenters. The van der Waals surface area contributed by atoms with Gasteiger partial charge in [-0.2, -0.15) is 0 Å². The molecule has 2 aromatic rings. The molecule has 0 heterocycles. The molecule has 3 N–H and O–H groups in total. The summed E-state index contributed by atoms with van der Waals surface area (Å²) in [6.45, 7) is 4.25. The van der Waals surface area contributed by atoms with Gasteiger partial charge in [0.2, 0.25) is 0 Å². The van der Waals surface area contributed by atoms with E-state index in [1.165, 1.54) is 5.56 Å². The van der Waals surface area contributed by atoms with Crippen LogP contribution < -0.4 is 11.1 Å². The van der Waals surface area contributed by atoms with Crippen molar-refractivity contribution >= 4 is 28.9 Å². The van der Waals surface area contributed by atoms with Crippen LogP contribution in [0.4, 0.5) is 11.4 Å². The minimum Gasteiger partial charge on any atom is -0.399 e. The maximum atomic E-state index is 12.2. The van der Waals surface area contributed by atoms with Crippen LogP contribution in [0.15, 0.2) is 42.5 Å². The van der Waals surface area contributed by atoms with Crippen molar-refractivity contribution in [3.63, 3.8) is 0 Å². The maximum absolute atomic E-state index is 12.2. The Hall–Kier alpha value is -2.00. The van der Waals surface area contributed by atoms with Crippen molar-refractivity contribution < 1.29 is 4.79 Å². The highest BCUT2D eigenvalue weighted by Gasteiger charge is 2.11. The van der Waals surface area contributed by atoms with Gasteiger partial charge in [-0.05, 0) is 41.8 Å². The van der Waals surface area contributed by atoms with E-state index in [0.29, 0.717) is 22.2 Å². The fourth-order valence-electron chi connectivity index (χ4n) is 1.87. The van der Waals surface area contributed by atoms with Gasteiger partial charge in [0, 0.05) is 11.4 Å². The first-order valence-corrected chi connectivity index (χ1v) is 6.81. The van der Waals surface area contributed by atoms with Crippen LogP contribution in [0.25, 0.3) is 0 Å². The monoisotopic (exact) mass is 288 g/mol. The molecule has 0 aliphatic rings. The number of benzene rings is 2. The first kappa shape index (κ1) is 14.4. The number of hydrogen-bond donors (Lipinski definition) is 2. The number of anilines is 2. The number of carbonyl (C=O) groups is 1. The van der Waals surface area contributed by atoms with E-state index in [1.807, 2.05) is 24.3 Å². The van der Waals surface area contributed by atoms with Gasteiger partial charge >= 0.3 is 0 Å². The van der Waals surface area contributed by atoms with Gasteiger partial charge in [-0.15, -0.1) is 0 Å². The van der Waals surface area contributed by atoms with E-state index in [-0.39, 0.29) is 5.91 Å². The van der Waals surface area contributed by atoms with Crippen molar-refractivity contribution in [3.05, 3.63) is 58.6 Å². The lowest BCUT2D eigenvalue weighted by molar-refractivity contribution is 0.102. The predicted octanol–water partition coefficient (Wildman–Crippen LogP) is 4.30. The molecule has 0 saturated carbocycles. The van der Waals surface area contributed by atoms with E-state index in [0.717, 1.165) is 5.69 Å². The summed E-state index contributed by atoms with van der Waals surface area (Å²) < 4.78 is 0. The third-order valence-corrected chi connectivity index (χ3v) is 3.40. The molecule has 1 amide bonds. The molecule has 2 aromatic carbocycles. The van der Waals surface area contributed by atoms with Gasteiger partial charge in [0.05, 0.1) is 10.6 Å². The normalized spacial score (nSPS) is 10.6. The van der Waals surface area contributed by atoms with E-state index < -0.39 is 0 Å². The van der Waals surface area contributed by atoms with E-state index >= 15 is 0 Å². The van der Waals surface area contributed by atoms with Crippen molar-refractivity contribution in [3.8, 4) is 0 Å². The van der Waals surface area contributed by atoms with Gasteiger partial charge in [-0.3, -0.25) is 4.79 Å². The highest BCUT2D eigenvalue weighted by Crippen LogP contribution is 2.21. The largest absolute Gasteiger partial charge is 0.399 e. The van der Waals surface area contributed by atoms with Crippen molar-refractivity contribution in [2.24, 2.45) is 0 Å². The molecule has 0 saturated heterocycles. The number of amides is 1. The lowest BCUT2D eigenvalue weighted by atomic mass is 10.0. The number of nitrogens with two attached hydrogens (primary N) is 1. The van der Waals surface area contributed by atoms with Crippen LogP contribution in [0, 0.1) is 0 Å². The Morgan fingerprint density at radius 2 is 1.80 bits per heavy atom. The van der Waals surface area contributed by atoms with Gasteiger partial charge in [0.15, 0.2) is 0 Å². The molecule has 0 aliphatic carbocycles. The first-order valence-electron chi connectivity index (χ1n) is 6.43. The second-order valence-corrected chi connectivity index (χ2v) is 5.38. The molecule has 3 nitrogen and oxygen atoms in total. The Morgan fingerprint density at radius 1 is 1.15 bits per heavy atom. The van der Waals surface area contributed by atoms with Crippen molar-refractivity contribution in [2.75, 3.05) is 11.1 Å². The molecule has 0 aliphatic heterocycles. The van der Waals surface area contributed by atoms with Crippen molar-refractivity contribution in [1.82, 2.24) is 0 Å². The zero-order valence-corrected chi connectivity index (χ0v) is 12.2. The number of halogens is 1. The number of nitrogens with one attached hydrogen (secondary N) is 1. The molecular formula is C16H17ClN2O. The topological polar surface area (TPSA) is 55.1 Å². The molecule has 2 rings (SSSR count). The minimum absolute atomic E-state index is 0.264. The second kappa shape index (κ2) is 5.97. The van der Waals surface area contributed by atoms with E-state index in [4.69, 9.17) is 17.3 Å². The molecule has 4 heteroatoms. The average molecular weight is 289 g/mol. The lowest BCUT2D eigenvalue weighted by Crippen LogP contribution is -2.12. The second-order valence-electron chi connectivity index (χ2n) is 4.97. The van der Waals surface area contributed by atoms with Gasteiger partial charge in [-0.25, -0.2) is 0 Å². The highest BCUT2D eigenvalue weighted by atomic mass is 35.5. The third-order valence-electron chi connectivity index (χ3n) is 3.07. The zero-order chi connectivity index (χ0) is 14.7. The number of hydrogen-bond acceptors (Lipinski definition) is 2. The fraction of sp³-hybridized carbons (Fsp3) is 0.188. The number of carbonyl (C=O) groups excluding carboxylic acids is 1.